The summed E-state index contributed by atoms with van der Waals surface area (Å²) < 4.78 is 47.2. The van der Waals surface area contributed by atoms with Crippen molar-refractivity contribution < 1.29 is 32.2 Å². The predicted molar refractivity (Wildman–Crippen MR) is 122 cm³/mol. The number of halogens is 4. The normalized spacial score (nSPS) is 13.3. The number of carbonyl (C=O) groups excluding carboxylic acids is 2. The van der Waals surface area contributed by atoms with E-state index in [4.69, 9.17) is 22.1 Å². The quantitative estimate of drug-likeness (QED) is 0.412. The van der Waals surface area contributed by atoms with Gasteiger partial charge in [-0.25, -0.2) is 0 Å². The van der Waals surface area contributed by atoms with Crippen LogP contribution in [0.5, 0.6) is 17.2 Å². The SMILES string of the molecule is Cc1c(C2CC2)ccc(Oc2ccc(OC(F)(F)F)cc2Cl)c1C(=O)Nc1ccnc(C(N)=O)c1. The van der Waals surface area contributed by atoms with Crippen molar-refractivity contribution in [1.29, 1.82) is 0 Å². The number of alkyl halides is 3. The van der Waals surface area contributed by atoms with E-state index in [0.29, 0.717) is 17.2 Å². The molecule has 1 heterocycles. The van der Waals surface area contributed by atoms with E-state index in [-0.39, 0.29) is 27.8 Å². The molecule has 1 saturated carbocycles. The number of benzene rings is 2. The first-order valence-corrected chi connectivity index (χ1v) is 10.8. The van der Waals surface area contributed by atoms with Crippen LogP contribution in [0.25, 0.3) is 0 Å². The molecule has 2 aromatic carbocycles. The van der Waals surface area contributed by atoms with Crippen molar-refractivity contribution in [2.75, 3.05) is 5.32 Å². The summed E-state index contributed by atoms with van der Waals surface area (Å²) in [7, 11) is 0. The maximum absolute atomic E-state index is 13.3. The Morgan fingerprint density at radius 1 is 1.11 bits per heavy atom. The van der Waals surface area contributed by atoms with E-state index in [2.05, 4.69) is 15.0 Å². The third-order valence-electron chi connectivity index (χ3n) is 5.34. The summed E-state index contributed by atoms with van der Waals surface area (Å²) in [5, 5.41) is 2.58. The Morgan fingerprint density at radius 3 is 2.46 bits per heavy atom. The molecular weight excluding hydrogens is 487 g/mol. The Morgan fingerprint density at radius 2 is 1.83 bits per heavy atom. The Labute approximate surface area is 203 Å². The second kappa shape index (κ2) is 9.46. The van der Waals surface area contributed by atoms with E-state index >= 15 is 0 Å². The average Bonchev–Trinajstić information content (AvgIpc) is 3.60. The van der Waals surface area contributed by atoms with E-state index < -0.39 is 23.9 Å². The largest absolute Gasteiger partial charge is 0.573 e. The first kappa shape index (κ1) is 24.3. The van der Waals surface area contributed by atoms with Gasteiger partial charge in [0.05, 0.1) is 10.6 Å². The number of rotatable bonds is 7. The number of aromatic nitrogens is 1. The third kappa shape index (κ3) is 5.83. The maximum Gasteiger partial charge on any atom is 0.573 e. The zero-order valence-electron chi connectivity index (χ0n) is 18.3. The number of amides is 2. The molecule has 0 radical (unpaired) electrons. The van der Waals surface area contributed by atoms with Crippen LogP contribution in [-0.4, -0.2) is 23.2 Å². The van der Waals surface area contributed by atoms with Crippen LogP contribution < -0.4 is 20.5 Å². The van der Waals surface area contributed by atoms with Gasteiger partial charge >= 0.3 is 6.36 Å². The van der Waals surface area contributed by atoms with Gasteiger partial charge in [-0.3, -0.25) is 14.6 Å². The Kier molecular flexibility index (Phi) is 6.58. The number of pyridine rings is 1. The molecule has 1 aromatic heterocycles. The second-order valence-electron chi connectivity index (χ2n) is 7.92. The first-order chi connectivity index (χ1) is 16.5. The van der Waals surface area contributed by atoms with Gasteiger partial charge in [-0.05, 0) is 67.1 Å². The van der Waals surface area contributed by atoms with E-state index in [1.165, 1.54) is 24.4 Å². The molecule has 1 aliphatic rings. The summed E-state index contributed by atoms with van der Waals surface area (Å²) in [6.45, 7) is 1.79. The minimum absolute atomic E-state index is 0.0179. The van der Waals surface area contributed by atoms with Crippen molar-refractivity contribution in [3.63, 3.8) is 0 Å². The summed E-state index contributed by atoms with van der Waals surface area (Å²) in [5.74, 6) is -1.25. The van der Waals surface area contributed by atoms with Crippen molar-refractivity contribution in [3.8, 4) is 17.2 Å². The predicted octanol–water partition coefficient (Wildman–Crippen LogP) is 5.96. The van der Waals surface area contributed by atoms with Gasteiger partial charge < -0.3 is 20.5 Å². The van der Waals surface area contributed by atoms with Gasteiger partial charge in [-0.15, -0.1) is 13.2 Å². The van der Waals surface area contributed by atoms with Crippen molar-refractivity contribution in [2.45, 2.75) is 32.0 Å². The van der Waals surface area contributed by atoms with Crippen molar-refractivity contribution in [1.82, 2.24) is 4.98 Å². The van der Waals surface area contributed by atoms with Crippen LogP contribution in [0.2, 0.25) is 5.02 Å². The molecule has 0 atom stereocenters. The number of primary amides is 1. The van der Waals surface area contributed by atoms with Crippen LogP contribution in [0.15, 0.2) is 48.7 Å². The molecule has 1 aliphatic carbocycles. The zero-order valence-corrected chi connectivity index (χ0v) is 19.0. The highest BCUT2D eigenvalue weighted by Gasteiger charge is 2.32. The maximum atomic E-state index is 13.3. The molecule has 3 N–H and O–H groups in total. The van der Waals surface area contributed by atoms with Crippen molar-refractivity contribution in [3.05, 3.63) is 76.1 Å². The average molecular weight is 506 g/mol. The fourth-order valence-corrected chi connectivity index (χ4v) is 3.83. The van der Waals surface area contributed by atoms with Crippen LogP contribution in [0.3, 0.4) is 0 Å². The first-order valence-electron chi connectivity index (χ1n) is 10.5. The molecule has 0 saturated heterocycles. The molecule has 35 heavy (non-hydrogen) atoms. The smallest absolute Gasteiger partial charge is 0.455 e. The minimum atomic E-state index is -4.87. The lowest BCUT2D eigenvalue weighted by Crippen LogP contribution is -2.17. The standard InChI is InChI=1S/C24H19ClF3N3O4/c1-12-16(13-2-3-13)5-7-20(34-19-6-4-15(11-17(19)25)35-24(26,27)28)21(12)23(33)31-14-8-9-30-18(10-14)22(29)32/h4-11,13H,2-3H2,1H3,(H2,29,32)(H,30,31,33). The number of hydrogen-bond acceptors (Lipinski definition) is 5. The van der Waals surface area contributed by atoms with Gasteiger partial charge in [0.1, 0.15) is 22.9 Å². The van der Waals surface area contributed by atoms with E-state index in [1.807, 2.05) is 6.07 Å². The van der Waals surface area contributed by atoms with Gasteiger partial charge in [-0.2, -0.15) is 0 Å². The molecular formula is C24H19ClF3N3O4. The highest BCUT2D eigenvalue weighted by atomic mass is 35.5. The Bertz CT molecular complexity index is 1310. The summed E-state index contributed by atoms with van der Waals surface area (Å²) in [6.07, 6.45) is -1.53. The number of nitrogens with zero attached hydrogens (tertiary/aromatic N) is 1. The summed E-state index contributed by atoms with van der Waals surface area (Å²) in [6, 6.07) is 9.56. The third-order valence-corrected chi connectivity index (χ3v) is 5.64. The van der Waals surface area contributed by atoms with Gasteiger partial charge in [0, 0.05) is 18.0 Å². The molecule has 2 amide bonds. The molecule has 1 fully saturated rings. The molecule has 182 valence electrons. The van der Waals surface area contributed by atoms with Crippen LogP contribution >= 0.6 is 11.6 Å². The molecule has 4 rings (SSSR count). The highest BCUT2D eigenvalue weighted by molar-refractivity contribution is 6.32. The molecule has 7 nitrogen and oxygen atoms in total. The monoisotopic (exact) mass is 505 g/mol. The highest BCUT2D eigenvalue weighted by Crippen LogP contribution is 2.44. The fourth-order valence-electron chi connectivity index (χ4n) is 3.62. The number of nitrogens with two attached hydrogens (primary N) is 1. The fraction of sp³-hybridized carbons (Fsp3) is 0.208. The summed E-state index contributed by atoms with van der Waals surface area (Å²) >= 11 is 6.12. The van der Waals surface area contributed by atoms with Crippen LogP contribution in [0.4, 0.5) is 18.9 Å². The lowest BCUT2D eigenvalue weighted by atomic mass is 9.97. The lowest BCUT2D eigenvalue weighted by Gasteiger charge is -2.18. The second-order valence-corrected chi connectivity index (χ2v) is 8.32. The van der Waals surface area contributed by atoms with E-state index in [9.17, 15) is 22.8 Å². The summed E-state index contributed by atoms with van der Waals surface area (Å²) in [4.78, 5) is 28.6. The van der Waals surface area contributed by atoms with Crippen molar-refractivity contribution >= 4 is 29.1 Å². The Hall–Kier alpha value is -3.79. The number of ether oxygens (including phenoxy) is 2. The van der Waals surface area contributed by atoms with Crippen LogP contribution in [0, 0.1) is 6.92 Å². The number of carbonyl (C=O) groups is 2. The Balaban J connectivity index is 1.67. The van der Waals surface area contributed by atoms with Crippen LogP contribution in [0.1, 0.15) is 50.7 Å². The molecule has 11 heteroatoms. The van der Waals surface area contributed by atoms with E-state index in [1.54, 1.807) is 13.0 Å². The lowest BCUT2D eigenvalue weighted by molar-refractivity contribution is -0.274. The zero-order chi connectivity index (χ0) is 25.3. The van der Waals surface area contributed by atoms with E-state index in [0.717, 1.165) is 30.5 Å². The van der Waals surface area contributed by atoms with Gasteiger partial charge in [0.2, 0.25) is 0 Å². The minimum Gasteiger partial charge on any atom is -0.455 e. The van der Waals surface area contributed by atoms with Gasteiger partial charge in [0.25, 0.3) is 11.8 Å². The number of hydrogen-bond donors (Lipinski definition) is 2. The van der Waals surface area contributed by atoms with Crippen LogP contribution in [-0.2, 0) is 0 Å². The molecule has 0 spiro atoms. The molecule has 0 unspecified atom stereocenters. The molecule has 0 aliphatic heterocycles. The summed E-state index contributed by atoms with van der Waals surface area (Å²) in [5.41, 5.74) is 7.45. The molecule has 3 aromatic rings. The number of anilines is 1. The van der Waals surface area contributed by atoms with Crippen molar-refractivity contribution in [2.24, 2.45) is 5.73 Å². The van der Waals surface area contributed by atoms with Gasteiger partial charge in [-0.1, -0.05) is 17.7 Å². The topological polar surface area (TPSA) is 104 Å². The molecule has 0 bridgehead atoms. The number of nitrogens with one attached hydrogen (secondary N) is 1. The van der Waals surface area contributed by atoms with Gasteiger partial charge in [0.15, 0.2) is 0 Å².